The number of ether oxygens (including phenoxy) is 2. The van der Waals surface area contributed by atoms with Crippen molar-refractivity contribution in [2.45, 2.75) is 13.2 Å². The molecule has 0 fully saturated rings. The first-order chi connectivity index (χ1) is 14.7. The summed E-state index contributed by atoms with van der Waals surface area (Å²) in [7, 11) is 1.63. The smallest absolute Gasteiger partial charge is 0.361 e. The summed E-state index contributed by atoms with van der Waals surface area (Å²) in [6.07, 6.45) is 0. The Bertz CT molecular complexity index is 1160. The van der Waals surface area contributed by atoms with E-state index in [-0.39, 0.29) is 12.3 Å². The van der Waals surface area contributed by atoms with Crippen molar-refractivity contribution in [2.24, 2.45) is 0 Å². The fraction of sp³-hybridized carbons (Fsp3) is 0.125. The average Bonchev–Trinajstić information content (AvgIpc) is 2.81. The summed E-state index contributed by atoms with van der Waals surface area (Å²) in [5.41, 5.74) is 3.40. The van der Waals surface area contributed by atoms with E-state index in [0.717, 1.165) is 16.9 Å². The van der Waals surface area contributed by atoms with Crippen LogP contribution in [0.3, 0.4) is 0 Å². The Balaban J connectivity index is 1.59. The predicted molar refractivity (Wildman–Crippen MR) is 115 cm³/mol. The number of rotatable bonds is 7. The first-order valence-corrected chi connectivity index (χ1v) is 9.57. The number of anilines is 1. The largest absolute Gasteiger partial charge is 0.497 e. The van der Waals surface area contributed by atoms with Gasteiger partial charge in [0.05, 0.1) is 18.1 Å². The molecule has 150 valence electrons. The van der Waals surface area contributed by atoms with Gasteiger partial charge in [-0.1, -0.05) is 54.6 Å². The van der Waals surface area contributed by atoms with E-state index in [1.54, 1.807) is 7.11 Å². The van der Waals surface area contributed by atoms with Crippen LogP contribution in [0.25, 0.3) is 11.0 Å². The molecule has 0 bridgehead atoms. The van der Waals surface area contributed by atoms with Crippen LogP contribution in [0, 0.1) is 0 Å². The molecular weight excluding hydrogens is 378 g/mol. The highest BCUT2D eigenvalue weighted by atomic mass is 16.5. The van der Waals surface area contributed by atoms with Crippen molar-refractivity contribution in [3.8, 4) is 5.75 Å². The molecule has 0 radical (unpaired) electrons. The number of para-hydroxylation sites is 2. The molecular formula is C24H21N3O3. The molecule has 0 aliphatic carbocycles. The molecule has 1 N–H and O–H groups in total. The zero-order valence-electron chi connectivity index (χ0n) is 16.5. The molecule has 0 unspecified atom stereocenters. The number of esters is 1. The van der Waals surface area contributed by atoms with Crippen LogP contribution in [0.1, 0.15) is 21.6 Å². The van der Waals surface area contributed by atoms with Gasteiger partial charge in [-0.3, -0.25) is 0 Å². The first kappa shape index (κ1) is 19.4. The van der Waals surface area contributed by atoms with Crippen molar-refractivity contribution in [2.75, 3.05) is 12.4 Å². The van der Waals surface area contributed by atoms with Crippen LogP contribution in [-0.4, -0.2) is 23.0 Å². The Hall–Kier alpha value is -3.93. The highest BCUT2D eigenvalue weighted by Crippen LogP contribution is 2.20. The topological polar surface area (TPSA) is 73.3 Å². The number of aromatic nitrogens is 2. The van der Waals surface area contributed by atoms with Gasteiger partial charge < -0.3 is 14.8 Å². The van der Waals surface area contributed by atoms with E-state index in [9.17, 15) is 4.79 Å². The van der Waals surface area contributed by atoms with Crippen LogP contribution in [-0.2, 0) is 17.9 Å². The second-order valence-electron chi connectivity index (χ2n) is 6.68. The molecule has 0 spiro atoms. The lowest BCUT2D eigenvalue weighted by molar-refractivity contribution is 0.0467. The lowest BCUT2D eigenvalue weighted by atomic mass is 10.2. The van der Waals surface area contributed by atoms with E-state index in [1.165, 1.54) is 0 Å². The van der Waals surface area contributed by atoms with Crippen LogP contribution in [0.15, 0.2) is 78.9 Å². The van der Waals surface area contributed by atoms with Gasteiger partial charge in [-0.15, -0.1) is 0 Å². The maximum atomic E-state index is 12.8. The van der Waals surface area contributed by atoms with Crippen molar-refractivity contribution in [1.29, 1.82) is 0 Å². The molecule has 0 saturated carbocycles. The zero-order chi connectivity index (χ0) is 20.8. The van der Waals surface area contributed by atoms with E-state index < -0.39 is 5.97 Å². The fourth-order valence-electron chi connectivity index (χ4n) is 3.03. The molecule has 0 aliphatic heterocycles. The summed E-state index contributed by atoms with van der Waals surface area (Å²) in [6, 6.07) is 24.6. The molecule has 0 atom stereocenters. The Labute approximate surface area is 174 Å². The van der Waals surface area contributed by atoms with Gasteiger partial charge in [0.1, 0.15) is 12.4 Å². The van der Waals surface area contributed by atoms with Crippen molar-refractivity contribution >= 4 is 22.8 Å². The molecule has 0 amide bonds. The van der Waals surface area contributed by atoms with Gasteiger partial charge in [0.25, 0.3) is 0 Å². The molecule has 6 nitrogen and oxygen atoms in total. The van der Waals surface area contributed by atoms with Gasteiger partial charge in [0.15, 0.2) is 11.5 Å². The molecule has 1 aromatic heterocycles. The maximum absolute atomic E-state index is 12.8. The van der Waals surface area contributed by atoms with Crippen molar-refractivity contribution in [3.63, 3.8) is 0 Å². The van der Waals surface area contributed by atoms with Gasteiger partial charge in [-0.05, 0) is 35.4 Å². The summed E-state index contributed by atoms with van der Waals surface area (Å²) in [5, 5.41) is 3.22. The lowest BCUT2D eigenvalue weighted by Gasteiger charge is -2.12. The Morgan fingerprint density at radius 2 is 1.57 bits per heavy atom. The van der Waals surface area contributed by atoms with E-state index >= 15 is 0 Å². The number of hydrogen-bond acceptors (Lipinski definition) is 6. The fourth-order valence-corrected chi connectivity index (χ4v) is 3.03. The van der Waals surface area contributed by atoms with Crippen LogP contribution in [0.2, 0.25) is 0 Å². The summed E-state index contributed by atoms with van der Waals surface area (Å²) >= 11 is 0. The second kappa shape index (κ2) is 9.05. The van der Waals surface area contributed by atoms with Crippen molar-refractivity contribution < 1.29 is 14.3 Å². The molecule has 1 heterocycles. The third-order valence-corrected chi connectivity index (χ3v) is 4.57. The minimum absolute atomic E-state index is 0.160. The maximum Gasteiger partial charge on any atom is 0.361 e. The normalized spacial score (nSPS) is 10.6. The standard InChI is InChI=1S/C24H21N3O3/c1-29-19-11-7-10-18(14-19)15-25-23-22(26-20-12-5-6-13-21(20)27-23)24(28)30-16-17-8-3-2-4-9-17/h2-14H,15-16H2,1H3,(H,25,27). The molecule has 0 aliphatic rings. The Morgan fingerprint density at radius 1 is 0.867 bits per heavy atom. The monoisotopic (exact) mass is 399 g/mol. The summed E-state index contributed by atoms with van der Waals surface area (Å²) in [5.74, 6) is 0.626. The highest BCUT2D eigenvalue weighted by Gasteiger charge is 2.18. The predicted octanol–water partition coefficient (Wildman–Crippen LogP) is 4.61. The van der Waals surface area contributed by atoms with Gasteiger partial charge in [-0.2, -0.15) is 0 Å². The number of carbonyl (C=O) groups is 1. The summed E-state index contributed by atoms with van der Waals surface area (Å²) in [4.78, 5) is 21.9. The number of fused-ring (bicyclic) bond motifs is 1. The molecule has 0 saturated heterocycles. The Kier molecular flexibility index (Phi) is 5.85. The van der Waals surface area contributed by atoms with E-state index in [2.05, 4.69) is 15.3 Å². The Morgan fingerprint density at radius 3 is 2.33 bits per heavy atom. The molecule has 4 aromatic rings. The van der Waals surface area contributed by atoms with Crippen LogP contribution in [0.5, 0.6) is 5.75 Å². The number of nitrogens with zero attached hydrogens (tertiary/aromatic N) is 2. The van der Waals surface area contributed by atoms with Crippen molar-refractivity contribution in [1.82, 2.24) is 9.97 Å². The lowest BCUT2D eigenvalue weighted by Crippen LogP contribution is -2.14. The number of carbonyl (C=O) groups excluding carboxylic acids is 1. The number of methoxy groups -OCH3 is 1. The van der Waals surface area contributed by atoms with E-state index in [4.69, 9.17) is 9.47 Å². The average molecular weight is 399 g/mol. The second-order valence-corrected chi connectivity index (χ2v) is 6.68. The minimum Gasteiger partial charge on any atom is -0.497 e. The SMILES string of the molecule is COc1cccc(CNc2nc3ccccc3nc2C(=O)OCc2ccccc2)c1. The van der Waals surface area contributed by atoms with Gasteiger partial charge in [0.2, 0.25) is 0 Å². The number of benzene rings is 3. The highest BCUT2D eigenvalue weighted by molar-refractivity contribution is 5.95. The summed E-state index contributed by atoms with van der Waals surface area (Å²) < 4.78 is 10.8. The van der Waals surface area contributed by atoms with Crippen LogP contribution < -0.4 is 10.1 Å². The van der Waals surface area contributed by atoms with E-state index in [1.807, 2.05) is 78.9 Å². The quantitative estimate of drug-likeness (QED) is 0.458. The number of hydrogen-bond donors (Lipinski definition) is 1. The minimum atomic E-state index is -0.523. The van der Waals surface area contributed by atoms with Crippen LogP contribution >= 0.6 is 0 Å². The van der Waals surface area contributed by atoms with Crippen LogP contribution in [0.4, 0.5) is 5.82 Å². The van der Waals surface area contributed by atoms with Gasteiger partial charge in [-0.25, -0.2) is 14.8 Å². The number of nitrogens with one attached hydrogen (secondary N) is 1. The third-order valence-electron chi connectivity index (χ3n) is 4.57. The molecule has 4 rings (SSSR count). The van der Waals surface area contributed by atoms with Gasteiger partial charge >= 0.3 is 5.97 Å². The first-order valence-electron chi connectivity index (χ1n) is 9.57. The molecule has 6 heteroatoms. The molecule has 30 heavy (non-hydrogen) atoms. The molecule has 3 aromatic carbocycles. The van der Waals surface area contributed by atoms with Crippen molar-refractivity contribution in [3.05, 3.63) is 95.7 Å². The summed E-state index contributed by atoms with van der Waals surface area (Å²) in [6.45, 7) is 0.632. The van der Waals surface area contributed by atoms with E-state index in [0.29, 0.717) is 23.4 Å². The third kappa shape index (κ3) is 4.55. The zero-order valence-corrected chi connectivity index (χ0v) is 16.5. The van der Waals surface area contributed by atoms with Gasteiger partial charge in [0, 0.05) is 6.54 Å².